The molecule has 104 valence electrons. The maximum Gasteiger partial charge on any atom is 0.308 e. The zero-order chi connectivity index (χ0) is 14.1. The van der Waals surface area contributed by atoms with Gasteiger partial charge in [-0.3, -0.25) is 14.7 Å². The standard InChI is InChI=1S/C16H18N2O2/c1-11-8-18(10-15(11)16(19)20)9-13-7-17-6-12-4-2-3-5-14(12)13/h2-7,11,15H,8-10H2,1H3,(H,19,20)/t11-,15-/m1/s1. The van der Waals surface area contributed by atoms with Crippen LogP contribution in [0.1, 0.15) is 12.5 Å². The average Bonchev–Trinajstić information content (AvgIpc) is 2.80. The number of rotatable bonds is 3. The Hall–Kier alpha value is -1.94. The molecule has 20 heavy (non-hydrogen) atoms. The summed E-state index contributed by atoms with van der Waals surface area (Å²) < 4.78 is 0. The van der Waals surface area contributed by atoms with Gasteiger partial charge >= 0.3 is 5.97 Å². The second-order valence-corrected chi connectivity index (χ2v) is 5.64. The number of carbonyl (C=O) groups is 1. The van der Waals surface area contributed by atoms with Crippen molar-refractivity contribution in [3.63, 3.8) is 0 Å². The van der Waals surface area contributed by atoms with Crippen LogP contribution in [0, 0.1) is 11.8 Å². The Morgan fingerprint density at radius 1 is 1.35 bits per heavy atom. The van der Waals surface area contributed by atoms with E-state index >= 15 is 0 Å². The van der Waals surface area contributed by atoms with Gasteiger partial charge in [0, 0.05) is 37.4 Å². The number of carboxylic acid groups (broad SMARTS) is 1. The molecule has 2 heterocycles. The van der Waals surface area contributed by atoms with Crippen LogP contribution in [-0.4, -0.2) is 34.0 Å². The fourth-order valence-corrected chi connectivity index (χ4v) is 3.06. The zero-order valence-corrected chi connectivity index (χ0v) is 11.5. The molecule has 1 fully saturated rings. The number of hydrogen-bond acceptors (Lipinski definition) is 3. The highest BCUT2D eigenvalue weighted by atomic mass is 16.4. The topological polar surface area (TPSA) is 53.4 Å². The van der Waals surface area contributed by atoms with Gasteiger partial charge in [0.1, 0.15) is 0 Å². The Kier molecular flexibility index (Phi) is 3.40. The fraction of sp³-hybridized carbons (Fsp3) is 0.375. The van der Waals surface area contributed by atoms with Gasteiger partial charge in [-0.1, -0.05) is 31.2 Å². The van der Waals surface area contributed by atoms with Crippen molar-refractivity contribution in [2.45, 2.75) is 13.5 Å². The summed E-state index contributed by atoms with van der Waals surface area (Å²) in [6.07, 6.45) is 3.76. The van der Waals surface area contributed by atoms with Crippen LogP contribution in [0.4, 0.5) is 0 Å². The van der Waals surface area contributed by atoms with Gasteiger partial charge in [-0.2, -0.15) is 0 Å². The zero-order valence-electron chi connectivity index (χ0n) is 11.5. The minimum atomic E-state index is -0.684. The molecule has 0 radical (unpaired) electrons. The van der Waals surface area contributed by atoms with Gasteiger partial charge in [0.25, 0.3) is 0 Å². The molecular weight excluding hydrogens is 252 g/mol. The molecule has 0 unspecified atom stereocenters. The van der Waals surface area contributed by atoms with Gasteiger partial charge < -0.3 is 5.11 Å². The highest BCUT2D eigenvalue weighted by molar-refractivity contribution is 5.84. The van der Waals surface area contributed by atoms with Gasteiger partial charge in [0.05, 0.1) is 5.92 Å². The van der Waals surface area contributed by atoms with E-state index in [-0.39, 0.29) is 11.8 Å². The van der Waals surface area contributed by atoms with Crippen LogP contribution < -0.4 is 0 Å². The summed E-state index contributed by atoms with van der Waals surface area (Å²) in [7, 11) is 0. The number of pyridine rings is 1. The predicted octanol–water partition coefficient (Wildman–Crippen LogP) is 2.39. The molecular formula is C16H18N2O2. The van der Waals surface area contributed by atoms with Crippen LogP contribution in [0.25, 0.3) is 10.8 Å². The predicted molar refractivity (Wildman–Crippen MR) is 77.3 cm³/mol. The van der Waals surface area contributed by atoms with Crippen molar-refractivity contribution in [3.8, 4) is 0 Å². The first-order valence-corrected chi connectivity index (χ1v) is 6.92. The van der Waals surface area contributed by atoms with Crippen LogP contribution in [0.5, 0.6) is 0 Å². The molecule has 1 saturated heterocycles. The van der Waals surface area contributed by atoms with Gasteiger partial charge in [0.2, 0.25) is 0 Å². The number of aliphatic carboxylic acids is 1. The summed E-state index contributed by atoms with van der Waals surface area (Å²) in [5.74, 6) is -0.732. The van der Waals surface area contributed by atoms with E-state index < -0.39 is 5.97 Å². The quantitative estimate of drug-likeness (QED) is 0.930. The first kappa shape index (κ1) is 13.1. The second kappa shape index (κ2) is 5.21. The van der Waals surface area contributed by atoms with Crippen molar-refractivity contribution in [1.82, 2.24) is 9.88 Å². The molecule has 0 bridgehead atoms. The monoisotopic (exact) mass is 270 g/mol. The Balaban J connectivity index is 1.82. The van der Waals surface area contributed by atoms with Crippen LogP contribution in [-0.2, 0) is 11.3 Å². The Bertz CT molecular complexity index is 636. The minimum Gasteiger partial charge on any atom is -0.481 e. The van der Waals surface area contributed by atoms with E-state index in [2.05, 4.69) is 22.0 Å². The van der Waals surface area contributed by atoms with Crippen molar-refractivity contribution < 1.29 is 9.90 Å². The van der Waals surface area contributed by atoms with E-state index in [0.29, 0.717) is 6.54 Å². The van der Waals surface area contributed by atoms with Crippen molar-refractivity contribution in [2.24, 2.45) is 11.8 Å². The van der Waals surface area contributed by atoms with Crippen molar-refractivity contribution in [2.75, 3.05) is 13.1 Å². The minimum absolute atomic E-state index is 0.204. The van der Waals surface area contributed by atoms with E-state index in [1.807, 2.05) is 31.5 Å². The van der Waals surface area contributed by atoms with Crippen molar-refractivity contribution in [3.05, 3.63) is 42.2 Å². The number of hydrogen-bond donors (Lipinski definition) is 1. The normalized spacial score (nSPS) is 23.2. The van der Waals surface area contributed by atoms with E-state index in [0.717, 1.165) is 18.5 Å². The third kappa shape index (κ3) is 2.39. The fourth-order valence-electron chi connectivity index (χ4n) is 3.06. The summed E-state index contributed by atoms with van der Waals surface area (Å²) in [6, 6.07) is 8.18. The number of aromatic nitrogens is 1. The third-order valence-corrected chi connectivity index (χ3v) is 4.15. The number of carboxylic acids is 1. The number of nitrogens with zero attached hydrogens (tertiary/aromatic N) is 2. The van der Waals surface area contributed by atoms with Crippen LogP contribution in [0.15, 0.2) is 36.7 Å². The molecule has 1 aromatic heterocycles. The molecule has 1 aliphatic rings. The molecule has 3 rings (SSSR count). The lowest BCUT2D eigenvalue weighted by Gasteiger charge is -2.16. The molecule has 0 spiro atoms. The van der Waals surface area contributed by atoms with E-state index in [9.17, 15) is 9.90 Å². The molecule has 1 N–H and O–H groups in total. The maximum absolute atomic E-state index is 11.2. The van der Waals surface area contributed by atoms with Gasteiger partial charge in [-0.05, 0) is 16.9 Å². The smallest absolute Gasteiger partial charge is 0.308 e. The molecule has 1 aromatic carbocycles. The van der Waals surface area contributed by atoms with E-state index in [1.54, 1.807) is 0 Å². The van der Waals surface area contributed by atoms with E-state index in [1.165, 1.54) is 10.9 Å². The molecule has 0 amide bonds. The molecule has 0 saturated carbocycles. The SMILES string of the molecule is C[C@@H]1CN(Cc2cncc3ccccc23)C[C@H]1C(=O)O. The van der Waals surface area contributed by atoms with Crippen molar-refractivity contribution in [1.29, 1.82) is 0 Å². The molecule has 2 atom stereocenters. The molecule has 1 aliphatic heterocycles. The van der Waals surface area contributed by atoms with Gasteiger partial charge in [0.15, 0.2) is 0 Å². The summed E-state index contributed by atoms with van der Waals surface area (Å²) in [5, 5.41) is 11.5. The Morgan fingerprint density at radius 2 is 2.15 bits per heavy atom. The lowest BCUT2D eigenvalue weighted by atomic mass is 9.99. The first-order valence-electron chi connectivity index (χ1n) is 6.92. The van der Waals surface area contributed by atoms with Crippen LogP contribution in [0.3, 0.4) is 0 Å². The highest BCUT2D eigenvalue weighted by Crippen LogP contribution is 2.26. The molecule has 4 heteroatoms. The second-order valence-electron chi connectivity index (χ2n) is 5.64. The summed E-state index contributed by atoms with van der Waals surface area (Å²) in [5.41, 5.74) is 1.17. The highest BCUT2D eigenvalue weighted by Gasteiger charge is 2.34. The maximum atomic E-state index is 11.2. The molecule has 2 aromatic rings. The third-order valence-electron chi connectivity index (χ3n) is 4.15. The van der Waals surface area contributed by atoms with Crippen LogP contribution >= 0.6 is 0 Å². The first-order chi connectivity index (χ1) is 9.65. The summed E-state index contributed by atoms with van der Waals surface area (Å²) in [4.78, 5) is 17.7. The summed E-state index contributed by atoms with van der Waals surface area (Å²) >= 11 is 0. The van der Waals surface area contributed by atoms with Crippen LogP contribution in [0.2, 0.25) is 0 Å². The Labute approximate surface area is 118 Å². The largest absolute Gasteiger partial charge is 0.481 e. The number of likely N-dealkylation sites (tertiary alicyclic amines) is 1. The Morgan fingerprint density at radius 3 is 2.90 bits per heavy atom. The lowest BCUT2D eigenvalue weighted by molar-refractivity contribution is -0.142. The average molecular weight is 270 g/mol. The van der Waals surface area contributed by atoms with Gasteiger partial charge in [-0.25, -0.2) is 0 Å². The molecule has 4 nitrogen and oxygen atoms in total. The lowest BCUT2D eigenvalue weighted by Crippen LogP contribution is -2.23. The molecule has 0 aliphatic carbocycles. The number of fused-ring (bicyclic) bond motifs is 1. The number of benzene rings is 1. The van der Waals surface area contributed by atoms with E-state index in [4.69, 9.17) is 0 Å². The van der Waals surface area contributed by atoms with Gasteiger partial charge in [-0.15, -0.1) is 0 Å². The van der Waals surface area contributed by atoms with Crippen molar-refractivity contribution >= 4 is 16.7 Å². The summed E-state index contributed by atoms with van der Waals surface area (Å²) in [6.45, 7) is 4.24.